The van der Waals surface area contributed by atoms with Crippen LogP contribution in [-0.2, 0) is 6.42 Å². The van der Waals surface area contributed by atoms with E-state index in [2.05, 4.69) is 29.4 Å². The van der Waals surface area contributed by atoms with Gasteiger partial charge < -0.3 is 10.2 Å². The lowest BCUT2D eigenvalue weighted by molar-refractivity contribution is 0.0977. The maximum absolute atomic E-state index is 12.3. The first-order valence-electron chi connectivity index (χ1n) is 9.72. The summed E-state index contributed by atoms with van der Waals surface area (Å²) >= 11 is 11.8. The molecule has 6 heteroatoms. The average molecular weight is 416 g/mol. The fourth-order valence-electron chi connectivity index (χ4n) is 3.32. The maximum atomic E-state index is 12.3. The molecule has 148 valence electrons. The monoisotopic (exact) mass is 415 g/mol. The van der Waals surface area contributed by atoms with Crippen LogP contribution in [0.1, 0.15) is 42.6 Å². The highest BCUT2D eigenvalue weighted by Gasteiger charge is 2.18. The van der Waals surface area contributed by atoms with Crippen molar-refractivity contribution in [1.82, 2.24) is 5.32 Å². The molecule has 1 fully saturated rings. The summed E-state index contributed by atoms with van der Waals surface area (Å²) in [6.45, 7) is 6.42. The number of anilines is 2. The summed E-state index contributed by atoms with van der Waals surface area (Å²) in [7, 11) is 0. The molecule has 0 aromatic heterocycles. The summed E-state index contributed by atoms with van der Waals surface area (Å²) in [5, 5.41) is 6.69. The highest BCUT2D eigenvalue weighted by molar-refractivity contribution is 7.80. The van der Waals surface area contributed by atoms with Crippen LogP contribution in [0, 0.1) is 5.92 Å². The van der Waals surface area contributed by atoms with Crippen LogP contribution < -0.4 is 15.5 Å². The number of hydrogen-bond acceptors (Lipinski definition) is 3. The van der Waals surface area contributed by atoms with E-state index in [0.717, 1.165) is 36.8 Å². The van der Waals surface area contributed by atoms with Crippen LogP contribution in [0.5, 0.6) is 0 Å². The smallest absolute Gasteiger partial charge is 0.257 e. The molecule has 0 saturated carbocycles. The van der Waals surface area contributed by atoms with Crippen molar-refractivity contribution in [1.29, 1.82) is 0 Å². The normalized spacial score (nSPS) is 14.6. The van der Waals surface area contributed by atoms with Gasteiger partial charge in [-0.25, -0.2) is 0 Å². The number of rotatable bonds is 4. The summed E-state index contributed by atoms with van der Waals surface area (Å²) in [5.74, 6) is 0.542. The van der Waals surface area contributed by atoms with Crippen molar-refractivity contribution in [2.75, 3.05) is 23.3 Å². The Morgan fingerprint density at radius 1 is 1.18 bits per heavy atom. The number of benzene rings is 2. The van der Waals surface area contributed by atoms with E-state index < -0.39 is 0 Å². The minimum absolute atomic E-state index is 0.231. The Labute approximate surface area is 177 Å². The molecule has 3 rings (SSSR count). The van der Waals surface area contributed by atoms with Crippen LogP contribution in [-0.4, -0.2) is 24.1 Å². The zero-order valence-electron chi connectivity index (χ0n) is 16.3. The van der Waals surface area contributed by atoms with Gasteiger partial charge >= 0.3 is 0 Å². The molecule has 4 nitrogen and oxygen atoms in total. The van der Waals surface area contributed by atoms with Gasteiger partial charge in [0, 0.05) is 24.3 Å². The van der Waals surface area contributed by atoms with Crippen LogP contribution in [0.2, 0.25) is 5.02 Å². The SMILES string of the molecule is CCc1ccc(C(=O)NC(=S)Nc2ccc(N3CCC(C)CC3)c(Cl)c2)cc1. The molecule has 0 spiro atoms. The molecular formula is C22H26ClN3OS. The summed E-state index contributed by atoms with van der Waals surface area (Å²) in [5.41, 5.74) is 3.57. The molecule has 1 aliphatic rings. The zero-order chi connectivity index (χ0) is 20.1. The lowest BCUT2D eigenvalue weighted by Crippen LogP contribution is -2.34. The topological polar surface area (TPSA) is 44.4 Å². The number of thiocarbonyl (C=S) groups is 1. The number of nitrogens with one attached hydrogen (secondary N) is 2. The van der Waals surface area contributed by atoms with E-state index in [0.29, 0.717) is 10.6 Å². The van der Waals surface area contributed by atoms with Crippen molar-refractivity contribution < 1.29 is 4.79 Å². The molecule has 1 saturated heterocycles. The molecule has 1 heterocycles. The highest BCUT2D eigenvalue weighted by Crippen LogP contribution is 2.31. The zero-order valence-corrected chi connectivity index (χ0v) is 17.9. The van der Waals surface area contributed by atoms with Crippen molar-refractivity contribution in [2.45, 2.75) is 33.1 Å². The molecular weight excluding hydrogens is 390 g/mol. The Balaban J connectivity index is 1.59. The Hall–Kier alpha value is -2.11. The first kappa shape index (κ1) is 20.6. The van der Waals surface area contributed by atoms with E-state index in [1.165, 1.54) is 18.4 Å². The number of carbonyl (C=O) groups excluding carboxylic acids is 1. The highest BCUT2D eigenvalue weighted by atomic mass is 35.5. The third kappa shape index (κ3) is 5.24. The number of amides is 1. The third-order valence-corrected chi connectivity index (χ3v) is 5.69. The third-order valence-electron chi connectivity index (χ3n) is 5.18. The summed E-state index contributed by atoms with van der Waals surface area (Å²) < 4.78 is 0. The van der Waals surface area contributed by atoms with Crippen molar-refractivity contribution in [3.8, 4) is 0 Å². The van der Waals surface area contributed by atoms with Gasteiger partial charge in [-0.2, -0.15) is 0 Å². The van der Waals surface area contributed by atoms with Crippen LogP contribution >= 0.6 is 23.8 Å². The summed E-state index contributed by atoms with van der Waals surface area (Å²) in [4.78, 5) is 14.7. The maximum Gasteiger partial charge on any atom is 0.257 e. The predicted molar refractivity (Wildman–Crippen MR) is 122 cm³/mol. The molecule has 0 atom stereocenters. The van der Waals surface area contributed by atoms with Crippen LogP contribution in [0.4, 0.5) is 11.4 Å². The summed E-state index contributed by atoms with van der Waals surface area (Å²) in [6, 6.07) is 13.3. The van der Waals surface area contributed by atoms with Crippen molar-refractivity contribution >= 4 is 46.2 Å². The number of hydrogen-bond donors (Lipinski definition) is 2. The minimum atomic E-state index is -0.231. The average Bonchev–Trinajstić information content (AvgIpc) is 2.69. The second kappa shape index (κ2) is 9.39. The standard InChI is InChI=1S/C22H26ClN3OS/c1-3-16-4-6-17(7-5-16)21(27)25-22(28)24-18-8-9-20(19(23)14-18)26-12-10-15(2)11-13-26/h4-9,14-15H,3,10-13H2,1-2H3,(H2,24,25,27,28). The van der Waals surface area contributed by atoms with Gasteiger partial charge in [0.15, 0.2) is 5.11 Å². The predicted octanol–water partition coefficient (Wildman–Crippen LogP) is 5.27. The van der Waals surface area contributed by atoms with Gasteiger partial charge in [-0.05, 0) is 73.3 Å². The lowest BCUT2D eigenvalue weighted by atomic mass is 9.99. The van der Waals surface area contributed by atoms with E-state index in [4.69, 9.17) is 23.8 Å². The molecule has 0 bridgehead atoms. The molecule has 2 N–H and O–H groups in total. The van der Waals surface area contributed by atoms with Gasteiger partial charge in [-0.3, -0.25) is 10.1 Å². The fourth-order valence-corrected chi connectivity index (χ4v) is 3.83. The molecule has 0 aliphatic carbocycles. The molecule has 1 aliphatic heterocycles. The summed E-state index contributed by atoms with van der Waals surface area (Å²) in [6.07, 6.45) is 3.31. The van der Waals surface area contributed by atoms with Gasteiger partial charge in [0.25, 0.3) is 5.91 Å². The Morgan fingerprint density at radius 3 is 2.46 bits per heavy atom. The van der Waals surface area contributed by atoms with Crippen LogP contribution in [0.3, 0.4) is 0 Å². The number of aryl methyl sites for hydroxylation is 1. The Morgan fingerprint density at radius 2 is 1.86 bits per heavy atom. The quantitative estimate of drug-likeness (QED) is 0.668. The molecule has 28 heavy (non-hydrogen) atoms. The lowest BCUT2D eigenvalue weighted by Gasteiger charge is -2.32. The van der Waals surface area contributed by atoms with Gasteiger partial charge in [-0.15, -0.1) is 0 Å². The Kier molecular flexibility index (Phi) is 6.92. The number of nitrogens with zero attached hydrogens (tertiary/aromatic N) is 1. The largest absolute Gasteiger partial charge is 0.370 e. The first-order valence-corrected chi connectivity index (χ1v) is 10.5. The van der Waals surface area contributed by atoms with Crippen molar-refractivity contribution in [3.05, 3.63) is 58.6 Å². The van der Waals surface area contributed by atoms with E-state index in [1.54, 1.807) is 0 Å². The minimum Gasteiger partial charge on any atom is -0.370 e. The van der Waals surface area contributed by atoms with Crippen molar-refractivity contribution in [2.24, 2.45) is 5.92 Å². The number of carbonyl (C=O) groups is 1. The van der Waals surface area contributed by atoms with E-state index in [-0.39, 0.29) is 11.0 Å². The second-order valence-electron chi connectivity index (χ2n) is 7.29. The number of halogens is 1. The molecule has 1 amide bonds. The van der Waals surface area contributed by atoms with Crippen molar-refractivity contribution in [3.63, 3.8) is 0 Å². The van der Waals surface area contributed by atoms with Gasteiger partial charge in [0.1, 0.15) is 0 Å². The van der Waals surface area contributed by atoms with Gasteiger partial charge in [0.2, 0.25) is 0 Å². The van der Waals surface area contributed by atoms with E-state index >= 15 is 0 Å². The molecule has 2 aromatic carbocycles. The first-order chi connectivity index (χ1) is 13.5. The Bertz CT molecular complexity index is 845. The van der Waals surface area contributed by atoms with Crippen LogP contribution in [0.25, 0.3) is 0 Å². The van der Waals surface area contributed by atoms with E-state index in [1.807, 2.05) is 42.5 Å². The van der Waals surface area contributed by atoms with Gasteiger partial charge in [0.05, 0.1) is 10.7 Å². The second-order valence-corrected chi connectivity index (χ2v) is 8.11. The fraction of sp³-hybridized carbons (Fsp3) is 0.364. The number of piperidine rings is 1. The van der Waals surface area contributed by atoms with Gasteiger partial charge in [-0.1, -0.05) is 37.6 Å². The van der Waals surface area contributed by atoms with Crippen LogP contribution in [0.15, 0.2) is 42.5 Å². The molecule has 0 radical (unpaired) electrons. The molecule has 2 aromatic rings. The molecule has 0 unspecified atom stereocenters. The van der Waals surface area contributed by atoms with E-state index in [9.17, 15) is 4.79 Å².